The van der Waals surface area contributed by atoms with Crippen LogP contribution in [0.5, 0.6) is 0 Å². The average molecular weight is 321 g/mol. The van der Waals surface area contributed by atoms with Crippen LogP contribution in [0.3, 0.4) is 0 Å². The molecule has 0 saturated heterocycles. The fourth-order valence-electron chi connectivity index (χ4n) is 3.00. The van der Waals surface area contributed by atoms with E-state index in [2.05, 4.69) is 10.3 Å². The second kappa shape index (κ2) is 7.88. The Bertz CT molecular complexity index is 791. The van der Waals surface area contributed by atoms with Crippen LogP contribution in [0.25, 0.3) is 21.8 Å². The largest absolute Gasteiger partial charge is 0.352 e. The van der Waals surface area contributed by atoms with Gasteiger partial charge in [-0.05, 0) is 31.5 Å². The van der Waals surface area contributed by atoms with Crippen molar-refractivity contribution in [1.29, 1.82) is 0 Å². The molecule has 1 amide bonds. The number of hydrogen-bond donors (Lipinski definition) is 2. The molecule has 24 heavy (non-hydrogen) atoms. The molecule has 0 unspecified atom stereocenters. The van der Waals surface area contributed by atoms with Crippen LogP contribution in [0.1, 0.15) is 36.0 Å². The van der Waals surface area contributed by atoms with Gasteiger partial charge in [-0.2, -0.15) is 0 Å². The van der Waals surface area contributed by atoms with Gasteiger partial charge < -0.3 is 11.1 Å². The molecule has 0 bridgehead atoms. The summed E-state index contributed by atoms with van der Waals surface area (Å²) in [5.74, 6) is -0.0244. The maximum Gasteiger partial charge on any atom is 0.252 e. The summed E-state index contributed by atoms with van der Waals surface area (Å²) in [7, 11) is 0. The fraction of sp³-hybridized carbons (Fsp3) is 0.300. The highest BCUT2D eigenvalue weighted by Crippen LogP contribution is 2.25. The van der Waals surface area contributed by atoms with Gasteiger partial charge in [0.1, 0.15) is 0 Å². The molecule has 0 spiro atoms. The molecular weight excluding hydrogens is 298 g/mol. The van der Waals surface area contributed by atoms with Gasteiger partial charge in [-0.25, -0.2) is 4.98 Å². The highest BCUT2D eigenvalue weighted by molar-refractivity contribution is 6.16. The number of carbonyl (C=O) groups is 1. The number of carbonyl (C=O) groups excluding carboxylic acids is 1. The molecule has 1 aromatic heterocycles. The predicted molar refractivity (Wildman–Crippen MR) is 99.1 cm³/mol. The van der Waals surface area contributed by atoms with E-state index in [-0.39, 0.29) is 5.91 Å². The summed E-state index contributed by atoms with van der Waals surface area (Å²) in [5.41, 5.74) is 7.92. The summed E-state index contributed by atoms with van der Waals surface area (Å²) in [4.78, 5) is 17.5. The van der Waals surface area contributed by atoms with Crippen molar-refractivity contribution in [3.63, 3.8) is 0 Å². The zero-order chi connectivity index (χ0) is 16.8. The molecule has 0 saturated carbocycles. The number of rotatable bonds is 7. The monoisotopic (exact) mass is 321 g/mol. The molecule has 0 fully saturated rings. The first-order chi connectivity index (χ1) is 11.8. The second-order valence-corrected chi connectivity index (χ2v) is 5.98. The first kappa shape index (κ1) is 16.4. The number of hydrogen-bond acceptors (Lipinski definition) is 3. The molecular formula is C20H23N3O. The number of amides is 1. The van der Waals surface area contributed by atoms with Gasteiger partial charge in [0.25, 0.3) is 5.91 Å². The number of pyridine rings is 1. The summed E-state index contributed by atoms with van der Waals surface area (Å²) < 4.78 is 0. The summed E-state index contributed by atoms with van der Waals surface area (Å²) >= 11 is 0. The van der Waals surface area contributed by atoms with Crippen LogP contribution in [0.15, 0.2) is 48.5 Å². The Morgan fingerprint density at radius 3 is 2.08 bits per heavy atom. The quantitative estimate of drug-likeness (QED) is 0.516. The average Bonchev–Trinajstić information content (AvgIpc) is 2.62. The van der Waals surface area contributed by atoms with Crippen molar-refractivity contribution >= 4 is 27.7 Å². The standard InChI is InChI=1S/C20H23N3O/c21-13-7-1-2-8-14-22-20(24)19-15-9-3-5-11-17(15)23-18-12-6-4-10-16(18)19/h3-6,9-12H,1-2,7-8,13-14,21H2,(H,22,24). The smallest absolute Gasteiger partial charge is 0.252 e. The Morgan fingerprint density at radius 2 is 1.46 bits per heavy atom. The van der Waals surface area contributed by atoms with E-state index in [1.54, 1.807) is 0 Å². The summed E-state index contributed by atoms with van der Waals surface area (Å²) in [5, 5.41) is 4.86. The molecule has 2 aromatic carbocycles. The number of nitrogens with two attached hydrogens (primary N) is 1. The van der Waals surface area contributed by atoms with Crippen LogP contribution in [-0.4, -0.2) is 24.0 Å². The van der Waals surface area contributed by atoms with E-state index in [0.29, 0.717) is 6.54 Å². The van der Waals surface area contributed by atoms with E-state index in [9.17, 15) is 4.79 Å². The molecule has 0 aliphatic heterocycles. The summed E-state index contributed by atoms with van der Waals surface area (Å²) in [6, 6.07) is 15.6. The minimum absolute atomic E-state index is 0.0244. The Kier molecular flexibility index (Phi) is 5.39. The van der Waals surface area contributed by atoms with Gasteiger partial charge in [0.05, 0.1) is 16.6 Å². The van der Waals surface area contributed by atoms with Crippen LogP contribution in [0.4, 0.5) is 0 Å². The number of benzene rings is 2. The van der Waals surface area contributed by atoms with E-state index >= 15 is 0 Å². The minimum atomic E-state index is -0.0244. The molecule has 124 valence electrons. The zero-order valence-corrected chi connectivity index (χ0v) is 13.8. The van der Waals surface area contributed by atoms with E-state index in [1.165, 1.54) is 0 Å². The lowest BCUT2D eigenvalue weighted by Crippen LogP contribution is -2.25. The van der Waals surface area contributed by atoms with Crippen molar-refractivity contribution in [1.82, 2.24) is 10.3 Å². The number of para-hydroxylation sites is 2. The topological polar surface area (TPSA) is 68.0 Å². The van der Waals surface area contributed by atoms with E-state index < -0.39 is 0 Å². The van der Waals surface area contributed by atoms with Crippen molar-refractivity contribution in [3.05, 3.63) is 54.1 Å². The van der Waals surface area contributed by atoms with Crippen LogP contribution in [0.2, 0.25) is 0 Å². The second-order valence-electron chi connectivity index (χ2n) is 5.98. The summed E-state index contributed by atoms with van der Waals surface area (Å²) in [6.07, 6.45) is 4.24. The number of aromatic nitrogens is 1. The number of nitrogens with zero attached hydrogens (tertiary/aromatic N) is 1. The van der Waals surface area contributed by atoms with Gasteiger partial charge in [-0.1, -0.05) is 49.2 Å². The maximum absolute atomic E-state index is 12.8. The number of unbranched alkanes of at least 4 members (excludes halogenated alkanes) is 3. The number of fused-ring (bicyclic) bond motifs is 2. The van der Waals surface area contributed by atoms with Gasteiger partial charge in [0.15, 0.2) is 0 Å². The third-order valence-corrected chi connectivity index (χ3v) is 4.23. The third-order valence-electron chi connectivity index (χ3n) is 4.23. The van der Waals surface area contributed by atoms with Crippen LogP contribution < -0.4 is 11.1 Å². The summed E-state index contributed by atoms with van der Waals surface area (Å²) in [6.45, 7) is 1.43. The van der Waals surface area contributed by atoms with Crippen molar-refractivity contribution in [2.75, 3.05) is 13.1 Å². The highest BCUT2D eigenvalue weighted by atomic mass is 16.1. The van der Waals surface area contributed by atoms with Crippen molar-refractivity contribution < 1.29 is 4.79 Å². The number of nitrogens with one attached hydrogen (secondary N) is 1. The molecule has 3 rings (SSSR count). The SMILES string of the molecule is NCCCCCCNC(=O)c1c2ccccc2nc2ccccc12. The lowest BCUT2D eigenvalue weighted by molar-refractivity contribution is 0.0956. The van der Waals surface area contributed by atoms with Gasteiger partial charge in [-0.3, -0.25) is 4.79 Å². The third kappa shape index (κ3) is 3.54. The first-order valence-corrected chi connectivity index (χ1v) is 8.57. The molecule has 3 aromatic rings. The van der Waals surface area contributed by atoms with E-state index in [1.807, 2.05) is 48.5 Å². The van der Waals surface area contributed by atoms with Crippen molar-refractivity contribution in [2.24, 2.45) is 5.73 Å². The van der Waals surface area contributed by atoms with E-state index in [4.69, 9.17) is 5.73 Å². The first-order valence-electron chi connectivity index (χ1n) is 8.57. The fourth-order valence-corrected chi connectivity index (χ4v) is 3.00. The van der Waals surface area contributed by atoms with Crippen LogP contribution >= 0.6 is 0 Å². The van der Waals surface area contributed by atoms with E-state index in [0.717, 1.165) is 59.6 Å². The van der Waals surface area contributed by atoms with Crippen LogP contribution in [-0.2, 0) is 0 Å². The lowest BCUT2D eigenvalue weighted by Gasteiger charge is -2.11. The molecule has 4 nitrogen and oxygen atoms in total. The van der Waals surface area contributed by atoms with Gasteiger partial charge in [0, 0.05) is 17.3 Å². The molecule has 0 aliphatic rings. The molecule has 4 heteroatoms. The van der Waals surface area contributed by atoms with Gasteiger partial charge >= 0.3 is 0 Å². The lowest BCUT2D eigenvalue weighted by atomic mass is 10.0. The zero-order valence-electron chi connectivity index (χ0n) is 13.8. The molecule has 1 heterocycles. The molecule has 0 atom stereocenters. The molecule has 0 radical (unpaired) electrons. The van der Waals surface area contributed by atoms with Crippen molar-refractivity contribution in [3.8, 4) is 0 Å². The Hall–Kier alpha value is -2.46. The molecule has 0 aliphatic carbocycles. The Morgan fingerprint density at radius 1 is 0.875 bits per heavy atom. The molecule has 3 N–H and O–H groups in total. The maximum atomic E-state index is 12.8. The van der Waals surface area contributed by atoms with Crippen molar-refractivity contribution in [2.45, 2.75) is 25.7 Å². The normalized spacial score (nSPS) is 11.0. The minimum Gasteiger partial charge on any atom is -0.352 e. The van der Waals surface area contributed by atoms with Gasteiger partial charge in [0.2, 0.25) is 0 Å². The predicted octanol–water partition coefficient (Wildman–Crippen LogP) is 3.64. The highest BCUT2D eigenvalue weighted by Gasteiger charge is 2.15. The van der Waals surface area contributed by atoms with Gasteiger partial charge in [-0.15, -0.1) is 0 Å². The Labute approximate surface area is 142 Å². The van der Waals surface area contributed by atoms with Crippen LogP contribution in [0, 0.1) is 0 Å². The Balaban J connectivity index is 1.84.